The Hall–Kier alpha value is -2.83. The molecular weight excluding hydrogens is 464 g/mol. The predicted octanol–water partition coefficient (Wildman–Crippen LogP) is 0.946. The van der Waals surface area contributed by atoms with E-state index in [4.69, 9.17) is 18.4 Å². The van der Waals surface area contributed by atoms with Crippen LogP contribution < -0.4 is 10.6 Å². The Labute approximate surface area is 198 Å². The van der Waals surface area contributed by atoms with Gasteiger partial charge in [-0.25, -0.2) is 0 Å². The Kier molecular flexibility index (Phi) is 8.75. The number of methoxy groups -OCH3 is 2. The van der Waals surface area contributed by atoms with Crippen molar-refractivity contribution in [1.82, 2.24) is 10.6 Å². The normalized spacial score (nSPS) is 23.3. The van der Waals surface area contributed by atoms with E-state index in [0.717, 1.165) is 6.26 Å². The van der Waals surface area contributed by atoms with E-state index < -0.39 is 46.7 Å². The van der Waals surface area contributed by atoms with Crippen molar-refractivity contribution < 1.29 is 36.4 Å². The van der Waals surface area contributed by atoms with Gasteiger partial charge in [0.05, 0.1) is 6.26 Å². The van der Waals surface area contributed by atoms with Crippen LogP contribution in [0.15, 0.2) is 60.7 Å². The van der Waals surface area contributed by atoms with Gasteiger partial charge in [-0.1, -0.05) is 36.4 Å². The number of ether oxygens (including phenoxy) is 3. The summed E-state index contributed by atoms with van der Waals surface area (Å²) in [6.45, 7) is -0.193. The summed E-state index contributed by atoms with van der Waals surface area (Å²) in [6.07, 6.45) is -3.01. The van der Waals surface area contributed by atoms with Crippen LogP contribution >= 0.6 is 0 Å². The van der Waals surface area contributed by atoms with Crippen LogP contribution in [0.5, 0.6) is 0 Å². The second-order valence-corrected chi connectivity index (χ2v) is 9.29. The Balaban J connectivity index is 1.79. The second kappa shape index (κ2) is 11.5. The molecule has 0 aromatic heterocycles. The molecule has 0 spiro atoms. The van der Waals surface area contributed by atoms with E-state index in [1.807, 2.05) is 0 Å². The van der Waals surface area contributed by atoms with E-state index in [1.165, 1.54) is 14.2 Å². The summed E-state index contributed by atoms with van der Waals surface area (Å²) in [5.74, 6) is -0.788. The van der Waals surface area contributed by atoms with Crippen molar-refractivity contribution in [3.8, 4) is 0 Å². The quantitative estimate of drug-likeness (QED) is 0.469. The Morgan fingerprint density at radius 1 is 0.941 bits per heavy atom. The van der Waals surface area contributed by atoms with Crippen LogP contribution in [0.1, 0.15) is 20.7 Å². The van der Waals surface area contributed by atoms with Gasteiger partial charge < -0.3 is 24.8 Å². The van der Waals surface area contributed by atoms with Crippen LogP contribution in [0.3, 0.4) is 0 Å². The minimum Gasteiger partial charge on any atom is -0.376 e. The van der Waals surface area contributed by atoms with Crippen LogP contribution in [0.2, 0.25) is 0 Å². The highest BCUT2D eigenvalue weighted by Gasteiger charge is 2.50. The van der Waals surface area contributed by atoms with E-state index in [2.05, 4.69) is 10.6 Å². The maximum absolute atomic E-state index is 12.7. The molecule has 0 aliphatic carbocycles. The number of amides is 2. The maximum Gasteiger partial charge on any atom is 0.264 e. The average molecular weight is 493 g/mol. The highest BCUT2D eigenvalue weighted by atomic mass is 32.2. The van der Waals surface area contributed by atoms with Crippen molar-refractivity contribution in [2.45, 2.75) is 30.6 Å². The molecule has 2 aromatic rings. The largest absolute Gasteiger partial charge is 0.376 e. The molecule has 0 unspecified atom stereocenters. The lowest BCUT2D eigenvalue weighted by atomic mass is 10.0. The summed E-state index contributed by atoms with van der Waals surface area (Å²) in [6, 6.07) is 16.2. The van der Waals surface area contributed by atoms with E-state index in [-0.39, 0.29) is 12.5 Å². The first-order valence-corrected chi connectivity index (χ1v) is 12.3. The fourth-order valence-corrected chi connectivity index (χ4v) is 4.37. The van der Waals surface area contributed by atoms with Crippen molar-refractivity contribution in [3.63, 3.8) is 0 Å². The number of rotatable bonds is 10. The Morgan fingerprint density at radius 3 is 2.00 bits per heavy atom. The molecule has 1 aliphatic heterocycles. The summed E-state index contributed by atoms with van der Waals surface area (Å²) < 4.78 is 46.1. The standard InChI is InChI=1S/C23H28N2O8S/c1-30-20-18(25-22(27)16-12-8-5-9-13-16)23(31-2)32-19(20)17(33-34(3,28)29)14-24-21(26)15-10-6-4-7-11-15/h4-13,17-20,23H,14H2,1-3H3,(H,24,26)(H,25,27)/t17-,18+,19+,20-,23+/m0/s1. The average Bonchev–Trinajstić information content (AvgIpc) is 3.19. The van der Waals surface area contributed by atoms with Crippen molar-refractivity contribution in [3.05, 3.63) is 71.8 Å². The van der Waals surface area contributed by atoms with Gasteiger partial charge in [-0.05, 0) is 24.3 Å². The molecule has 11 heteroatoms. The molecule has 0 radical (unpaired) electrons. The van der Waals surface area contributed by atoms with Crippen LogP contribution in [0, 0.1) is 0 Å². The molecule has 1 heterocycles. The van der Waals surface area contributed by atoms with E-state index in [9.17, 15) is 18.0 Å². The summed E-state index contributed by atoms with van der Waals surface area (Å²) in [7, 11) is -1.13. The molecule has 1 fully saturated rings. The molecule has 10 nitrogen and oxygen atoms in total. The number of benzene rings is 2. The van der Waals surface area contributed by atoms with E-state index in [1.54, 1.807) is 60.7 Å². The number of hydrogen-bond acceptors (Lipinski definition) is 8. The highest BCUT2D eigenvalue weighted by molar-refractivity contribution is 7.86. The molecule has 34 heavy (non-hydrogen) atoms. The van der Waals surface area contributed by atoms with Crippen LogP contribution in [-0.4, -0.2) is 77.9 Å². The first kappa shape index (κ1) is 25.8. The molecule has 5 atom stereocenters. The van der Waals surface area contributed by atoms with Crippen molar-refractivity contribution in [2.24, 2.45) is 0 Å². The first-order valence-electron chi connectivity index (χ1n) is 10.5. The van der Waals surface area contributed by atoms with Crippen molar-refractivity contribution >= 4 is 21.9 Å². The number of carbonyl (C=O) groups excluding carboxylic acids is 2. The minimum absolute atomic E-state index is 0.193. The third kappa shape index (κ3) is 6.61. The zero-order chi connectivity index (χ0) is 24.7. The lowest BCUT2D eigenvalue weighted by Crippen LogP contribution is -2.52. The fourth-order valence-electron chi connectivity index (χ4n) is 3.75. The molecule has 2 aromatic carbocycles. The lowest BCUT2D eigenvalue weighted by molar-refractivity contribution is -0.144. The van der Waals surface area contributed by atoms with Gasteiger partial charge in [0.15, 0.2) is 6.29 Å². The highest BCUT2D eigenvalue weighted by Crippen LogP contribution is 2.28. The molecular formula is C23H28N2O8S. The summed E-state index contributed by atoms with van der Waals surface area (Å²) in [5, 5.41) is 5.49. The Morgan fingerprint density at radius 2 is 1.50 bits per heavy atom. The predicted molar refractivity (Wildman–Crippen MR) is 123 cm³/mol. The van der Waals surface area contributed by atoms with E-state index in [0.29, 0.717) is 11.1 Å². The zero-order valence-corrected chi connectivity index (χ0v) is 19.9. The molecule has 2 N–H and O–H groups in total. The van der Waals surface area contributed by atoms with Gasteiger partial charge in [-0.15, -0.1) is 0 Å². The van der Waals surface area contributed by atoms with Crippen molar-refractivity contribution in [2.75, 3.05) is 27.0 Å². The minimum atomic E-state index is -3.93. The Bertz CT molecular complexity index is 1060. The van der Waals surface area contributed by atoms with E-state index >= 15 is 0 Å². The van der Waals surface area contributed by atoms with Gasteiger partial charge in [0.25, 0.3) is 21.9 Å². The fraction of sp³-hybridized carbons (Fsp3) is 0.391. The van der Waals surface area contributed by atoms with Gasteiger partial charge in [0.2, 0.25) is 0 Å². The molecule has 184 valence electrons. The topological polar surface area (TPSA) is 129 Å². The molecule has 3 rings (SSSR count). The third-order valence-corrected chi connectivity index (χ3v) is 5.86. The van der Waals surface area contributed by atoms with Gasteiger partial charge in [-0.3, -0.25) is 13.8 Å². The molecule has 1 saturated heterocycles. The van der Waals surface area contributed by atoms with Gasteiger partial charge in [-0.2, -0.15) is 8.42 Å². The van der Waals surface area contributed by atoms with Crippen LogP contribution in [0.25, 0.3) is 0 Å². The second-order valence-electron chi connectivity index (χ2n) is 7.69. The van der Waals surface area contributed by atoms with Gasteiger partial charge >= 0.3 is 0 Å². The molecule has 0 bridgehead atoms. The molecule has 2 amide bonds. The SMILES string of the molecule is CO[C@@H]1O[C@H]([C@H](CNC(=O)c2ccccc2)OS(C)(=O)=O)[C@@H](OC)[C@H]1NC(=O)c1ccccc1. The van der Waals surface area contributed by atoms with Crippen LogP contribution in [0.4, 0.5) is 0 Å². The van der Waals surface area contributed by atoms with Gasteiger partial charge in [0.1, 0.15) is 24.4 Å². The number of hydrogen-bond donors (Lipinski definition) is 2. The monoisotopic (exact) mass is 492 g/mol. The number of carbonyl (C=O) groups is 2. The maximum atomic E-state index is 12.7. The first-order chi connectivity index (χ1) is 16.2. The third-order valence-electron chi connectivity index (χ3n) is 5.27. The summed E-state index contributed by atoms with van der Waals surface area (Å²) in [4.78, 5) is 25.2. The zero-order valence-electron chi connectivity index (χ0n) is 19.0. The molecule has 1 aliphatic rings. The smallest absolute Gasteiger partial charge is 0.264 e. The van der Waals surface area contributed by atoms with Crippen LogP contribution in [-0.2, 0) is 28.5 Å². The summed E-state index contributed by atoms with van der Waals surface area (Å²) >= 11 is 0. The molecule has 0 saturated carbocycles. The van der Waals surface area contributed by atoms with Crippen molar-refractivity contribution in [1.29, 1.82) is 0 Å². The lowest BCUT2D eigenvalue weighted by Gasteiger charge is -2.27. The summed E-state index contributed by atoms with van der Waals surface area (Å²) in [5.41, 5.74) is 0.828. The van der Waals surface area contributed by atoms with Gasteiger partial charge in [0, 0.05) is 31.9 Å². The number of nitrogens with one attached hydrogen (secondary N) is 2.